The Hall–Kier alpha value is -0.370. The highest BCUT2D eigenvalue weighted by molar-refractivity contribution is 5.55. The quantitative estimate of drug-likeness (QED) is 0.525. The standard InChI is InChI=1S/C9H15NO/c1-10-8-3-2-7(6-11)9(10)5-4-8/h6-9H,2-5H2,1H3/t7-,8+,9+/m1/s1. The third kappa shape index (κ3) is 1.00. The number of nitrogens with zero attached hydrogens (tertiary/aromatic N) is 1. The molecule has 0 N–H and O–H groups in total. The van der Waals surface area contributed by atoms with E-state index >= 15 is 0 Å². The van der Waals surface area contributed by atoms with Gasteiger partial charge in [0.25, 0.3) is 0 Å². The highest BCUT2D eigenvalue weighted by atomic mass is 16.1. The van der Waals surface area contributed by atoms with Crippen molar-refractivity contribution in [3.63, 3.8) is 0 Å². The van der Waals surface area contributed by atoms with Crippen LogP contribution in [0.3, 0.4) is 0 Å². The van der Waals surface area contributed by atoms with Crippen molar-refractivity contribution in [2.75, 3.05) is 7.05 Å². The number of rotatable bonds is 1. The zero-order valence-electron chi connectivity index (χ0n) is 6.99. The third-order valence-corrected chi connectivity index (χ3v) is 3.40. The molecule has 0 radical (unpaired) electrons. The minimum absolute atomic E-state index is 0.332. The van der Waals surface area contributed by atoms with Crippen molar-refractivity contribution in [3.8, 4) is 0 Å². The Balaban J connectivity index is 2.13. The lowest BCUT2D eigenvalue weighted by Gasteiger charge is -2.34. The van der Waals surface area contributed by atoms with Gasteiger partial charge in [0.1, 0.15) is 6.29 Å². The molecule has 2 bridgehead atoms. The van der Waals surface area contributed by atoms with E-state index in [-0.39, 0.29) is 0 Å². The molecule has 2 aliphatic rings. The second kappa shape index (κ2) is 2.59. The van der Waals surface area contributed by atoms with E-state index in [1.807, 2.05) is 0 Å². The number of hydrogen-bond donors (Lipinski definition) is 0. The number of hydrogen-bond acceptors (Lipinski definition) is 2. The average Bonchev–Trinajstić information content (AvgIpc) is 2.31. The van der Waals surface area contributed by atoms with Crippen molar-refractivity contribution in [3.05, 3.63) is 0 Å². The molecule has 0 amide bonds. The van der Waals surface area contributed by atoms with Crippen LogP contribution in [0.1, 0.15) is 25.7 Å². The zero-order chi connectivity index (χ0) is 7.84. The molecule has 0 unspecified atom stereocenters. The first kappa shape index (κ1) is 7.29. The maximum absolute atomic E-state index is 10.7. The molecule has 0 aromatic heterocycles. The van der Waals surface area contributed by atoms with Gasteiger partial charge in [-0.2, -0.15) is 0 Å². The Kier molecular flexibility index (Phi) is 1.72. The van der Waals surface area contributed by atoms with Crippen molar-refractivity contribution in [1.82, 2.24) is 4.90 Å². The summed E-state index contributed by atoms with van der Waals surface area (Å²) in [5, 5.41) is 0. The topological polar surface area (TPSA) is 20.3 Å². The van der Waals surface area contributed by atoms with Crippen LogP contribution < -0.4 is 0 Å². The molecule has 0 spiro atoms. The van der Waals surface area contributed by atoms with Crippen molar-refractivity contribution >= 4 is 6.29 Å². The molecule has 2 saturated heterocycles. The van der Waals surface area contributed by atoms with E-state index in [9.17, 15) is 4.79 Å². The summed E-state index contributed by atoms with van der Waals surface area (Å²) in [6.45, 7) is 0. The fourth-order valence-electron chi connectivity index (χ4n) is 2.64. The molecule has 2 heteroatoms. The molecule has 2 heterocycles. The van der Waals surface area contributed by atoms with Gasteiger partial charge >= 0.3 is 0 Å². The third-order valence-electron chi connectivity index (χ3n) is 3.40. The molecule has 2 fully saturated rings. The van der Waals surface area contributed by atoms with Crippen LogP contribution >= 0.6 is 0 Å². The lowest BCUT2D eigenvalue weighted by Crippen LogP contribution is -2.42. The number of aldehydes is 1. The van der Waals surface area contributed by atoms with E-state index in [1.165, 1.54) is 19.3 Å². The van der Waals surface area contributed by atoms with E-state index in [0.717, 1.165) is 18.7 Å². The van der Waals surface area contributed by atoms with Crippen LogP contribution in [0.15, 0.2) is 0 Å². The van der Waals surface area contributed by atoms with E-state index in [1.54, 1.807) is 0 Å². The molecule has 3 atom stereocenters. The van der Waals surface area contributed by atoms with Gasteiger partial charge in [0.05, 0.1) is 0 Å². The van der Waals surface area contributed by atoms with Crippen LogP contribution in [0.4, 0.5) is 0 Å². The maximum atomic E-state index is 10.7. The van der Waals surface area contributed by atoms with Gasteiger partial charge in [-0.05, 0) is 32.7 Å². The normalized spacial score (nSPS) is 44.3. The summed E-state index contributed by atoms with van der Waals surface area (Å²) in [7, 11) is 2.16. The van der Waals surface area contributed by atoms with E-state index in [0.29, 0.717) is 12.0 Å². The molecule has 2 rings (SSSR count). The Morgan fingerprint density at radius 3 is 2.73 bits per heavy atom. The van der Waals surface area contributed by atoms with Crippen LogP contribution in [0.2, 0.25) is 0 Å². The van der Waals surface area contributed by atoms with Crippen molar-refractivity contribution in [2.24, 2.45) is 5.92 Å². The second-order valence-electron chi connectivity index (χ2n) is 3.84. The molecule has 0 aromatic carbocycles. The summed E-state index contributed by atoms with van der Waals surface area (Å²) in [6, 6.07) is 1.36. The monoisotopic (exact) mass is 153 g/mol. The van der Waals surface area contributed by atoms with Crippen LogP contribution in [0, 0.1) is 5.92 Å². The van der Waals surface area contributed by atoms with Crippen molar-refractivity contribution in [2.45, 2.75) is 37.8 Å². The summed E-state index contributed by atoms with van der Waals surface area (Å²) in [5.41, 5.74) is 0. The number of carbonyl (C=O) groups excluding carboxylic acids is 1. The minimum Gasteiger partial charge on any atom is -0.303 e. The van der Waals surface area contributed by atoms with E-state index in [4.69, 9.17) is 0 Å². The van der Waals surface area contributed by atoms with Gasteiger partial charge in [-0.1, -0.05) is 0 Å². The molecule has 62 valence electrons. The molecule has 2 aliphatic heterocycles. The lowest BCUT2D eigenvalue weighted by atomic mass is 9.92. The van der Waals surface area contributed by atoms with Crippen LogP contribution in [-0.2, 0) is 4.79 Å². The van der Waals surface area contributed by atoms with Crippen LogP contribution in [0.5, 0.6) is 0 Å². The first-order chi connectivity index (χ1) is 5.33. The van der Waals surface area contributed by atoms with Gasteiger partial charge in [0.2, 0.25) is 0 Å². The SMILES string of the molecule is CN1[C@H]2CC[C@H](C=O)[C@@H]1CC2. The summed E-state index contributed by atoms with van der Waals surface area (Å²) in [5.74, 6) is 0.332. The smallest absolute Gasteiger partial charge is 0.124 e. The Morgan fingerprint density at radius 1 is 1.27 bits per heavy atom. The Labute approximate surface area is 67.6 Å². The fourth-order valence-corrected chi connectivity index (χ4v) is 2.64. The highest BCUT2D eigenvalue weighted by Gasteiger charge is 2.39. The summed E-state index contributed by atoms with van der Waals surface area (Å²) >= 11 is 0. The molecule has 0 aromatic rings. The average molecular weight is 153 g/mol. The first-order valence-corrected chi connectivity index (χ1v) is 4.50. The summed E-state index contributed by atoms with van der Waals surface area (Å²) in [6.07, 6.45) is 6.07. The molecule has 2 nitrogen and oxygen atoms in total. The zero-order valence-corrected chi connectivity index (χ0v) is 6.99. The Bertz CT molecular complexity index is 169. The number of fused-ring (bicyclic) bond motifs is 2. The highest BCUT2D eigenvalue weighted by Crippen LogP contribution is 2.36. The molecule has 0 saturated carbocycles. The predicted molar refractivity (Wildman–Crippen MR) is 43.4 cm³/mol. The first-order valence-electron chi connectivity index (χ1n) is 4.50. The Morgan fingerprint density at radius 2 is 2.00 bits per heavy atom. The van der Waals surface area contributed by atoms with Gasteiger partial charge in [0, 0.05) is 18.0 Å². The largest absolute Gasteiger partial charge is 0.303 e. The molecule has 11 heavy (non-hydrogen) atoms. The van der Waals surface area contributed by atoms with Crippen molar-refractivity contribution < 1.29 is 4.79 Å². The molecule has 0 aliphatic carbocycles. The van der Waals surface area contributed by atoms with E-state index in [2.05, 4.69) is 11.9 Å². The van der Waals surface area contributed by atoms with Crippen LogP contribution in [-0.4, -0.2) is 30.3 Å². The fraction of sp³-hybridized carbons (Fsp3) is 0.889. The summed E-state index contributed by atoms with van der Waals surface area (Å²) in [4.78, 5) is 13.1. The molecular formula is C9H15NO. The second-order valence-corrected chi connectivity index (χ2v) is 3.84. The predicted octanol–water partition coefficient (Wildman–Crippen LogP) is 1.06. The maximum Gasteiger partial charge on any atom is 0.124 e. The van der Waals surface area contributed by atoms with Gasteiger partial charge in [-0.15, -0.1) is 0 Å². The van der Waals surface area contributed by atoms with Gasteiger partial charge in [0.15, 0.2) is 0 Å². The van der Waals surface area contributed by atoms with E-state index < -0.39 is 0 Å². The molecular weight excluding hydrogens is 138 g/mol. The van der Waals surface area contributed by atoms with Gasteiger partial charge in [-0.3, -0.25) is 4.90 Å². The number of carbonyl (C=O) groups is 1. The number of piperidine rings is 1. The summed E-state index contributed by atoms with van der Waals surface area (Å²) < 4.78 is 0. The van der Waals surface area contributed by atoms with Gasteiger partial charge < -0.3 is 4.79 Å². The van der Waals surface area contributed by atoms with Gasteiger partial charge in [-0.25, -0.2) is 0 Å². The van der Waals surface area contributed by atoms with Crippen LogP contribution in [0.25, 0.3) is 0 Å². The van der Waals surface area contributed by atoms with Crippen molar-refractivity contribution in [1.29, 1.82) is 0 Å². The lowest BCUT2D eigenvalue weighted by molar-refractivity contribution is -0.114. The minimum atomic E-state index is 0.332.